The number of carbonyl (C=O) groups is 3. The molecule has 0 saturated carbocycles. The molecule has 11 nitrogen and oxygen atoms in total. The van der Waals surface area contributed by atoms with Gasteiger partial charge in [-0.2, -0.15) is 5.26 Å². The minimum absolute atomic E-state index is 0.378. The Morgan fingerprint density at radius 1 is 0.491 bits per heavy atom. The third-order valence-electron chi connectivity index (χ3n) is 7.78. The molecule has 0 fully saturated rings. The Balaban J connectivity index is 1.57. The van der Waals surface area contributed by atoms with Gasteiger partial charge in [0.25, 0.3) is 11.4 Å². The fraction of sp³-hybridized carbons (Fsp3) is 0. The lowest BCUT2D eigenvalue weighted by molar-refractivity contribution is -0.133. The molecule has 5 aromatic carbocycles. The predicted molar refractivity (Wildman–Crippen MR) is 201 cm³/mol. The largest absolute Gasteiger partial charge is 0.486 e. The van der Waals surface area contributed by atoms with Crippen molar-refractivity contribution in [1.82, 2.24) is 0 Å². The number of benzene rings is 5. The summed E-state index contributed by atoms with van der Waals surface area (Å²) in [5, 5.41) is 37.0. The van der Waals surface area contributed by atoms with Gasteiger partial charge in [0.05, 0.1) is 13.1 Å². The lowest BCUT2D eigenvalue weighted by Crippen LogP contribution is -2.12. The summed E-state index contributed by atoms with van der Waals surface area (Å²) < 4.78 is 0. The van der Waals surface area contributed by atoms with E-state index in [4.69, 9.17) is 13.1 Å². The number of carboxylic acids is 3. The summed E-state index contributed by atoms with van der Waals surface area (Å²) in [6, 6.07) is 40.1. The SMILES string of the molecule is [C-]#[N+]C(=Cc1ccc(N(c2ccc(C=C([N+]#[C-])C(=O)O)cc2)c2ccc(N(c3ccccc3)c3ccc(C=C(C#N)C(=O)O)cc3)cc2)cc1)C(=O)O. The van der Waals surface area contributed by atoms with Crippen molar-refractivity contribution >= 4 is 70.3 Å². The number of hydrogen-bond acceptors (Lipinski definition) is 6. The van der Waals surface area contributed by atoms with E-state index in [1.165, 1.54) is 18.2 Å². The van der Waals surface area contributed by atoms with E-state index in [0.29, 0.717) is 28.1 Å². The van der Waals surface area contributed by atoms with Crippen molar-refractivity contribution in [2.45, 2.75) is 0 Å². The monoisotopic (exact) mass is 697 g/mol. The summed E-state index contributed by atoms with van der Waals surface area (Å²) in [6.07, 6.45) is 3.87. The van der Waals surface area contributed by atoms with Crippen molar-refractivity contribution in [3.63, 3.8) is 0 Å². The third-order valence-corrected chi connectivity index (χ3v) is 7.78. The highest BCUT2D eigenvalue weighted by Gasteiger charge is 2.17. The molecule has 0 saturated heterocycles. The molecule has 0 aliphatic heterocycles. The maximum absolute atomic E-state index is 11.4. The first-order chi connectivity index (χ1) is 25.6. The maximum Gasteiger partial charge on any atom is 0.346 e. The highest BCUT2D eigenvalue weighted by atomic mass is 16.4. The van der Waals surface area contributed by atoms with E-state index >= 15 is 0 Å². The zero-order chi connectivity index (χ0) is 37.9. The fourth-order valence-corrected chi connectivity index (χ4v) is 5.29. The fourth-order valence-electron chi connectivity index (χ4n) is 5.29. The number of nitrogens with zero attached hydrogens (tertiary/aromatic N) is 5. The summed E-state index contributed by atoms with van der Waals surface area (Å²) in [5.74, 6) is -3.96. The maximum atomic E-state index is 11.4. The number of aliphatic carboxylic acids is 3. The molecular weight excluding hydrogens is 670 g/mol. The summed E-state index contributed by atoms with van der Waals surface area (Å²) in [5.41, 5.74) is 4.95. The van der Waals surface area contributed by atoms with Crippen molar-refractivity contribution in [3.05, 3.63) is 184 Å². The van der Waals surface area contributed by atoms with E-state index < -0.39 is 29.3 Å². The topological polar surface area (TPSA) is 151 Å². The lowest BCUT2D eigenvalue weighted by Gasteiger charge is -2.28. The van der Waals surface area contributed by atoms with Crippen molar-refractivity contribution in [2.75, 3.05) is 9.80 Å². The molecule has 0 radical (unpaired) electrons. The van der Waals surface area contributed by atoms with Gasteiger partial charge in [-0.05, 0) is 108 Å². The summed E-state index contributed by atoms with van der Waals surface area (Å²) >= 11 is 0. The Labute approximate surface area is 304 Å². The van der Waals surface area contributed by atoms with Gasteiger partial charge in [-0.1, -0.05) is 54.6 Å². The highest BCUT2D eigenvalue weighted by Crippen LogP contribution is 2.39. The van der Waals surface area contributed by atoms with Crippen molar-refractivity contribution < 1.29 is 29.7 Å². The molecule has 0 amide bonds. The number of rotatable bonds is 12. The van der Waals surface area contributed by atoms with Gasteiger partial charge in [-0.25, -0.2) is 14.5 Å². The highest BCUT2D eigenvalue weighted by molar-refractivity contribution is 5.97. The normalized spacial score (nSPS) is 11.4. The van der Waals surface area contributed by atoms with Crippen LogP contribution in [0.4, 0.5) is 34.1 Å². The van der Waals surface area contributed by atoms with Crippen molar-refractivity contribution in [3.8, 4) is 6.07 Å². The van der Waals surface area contributed by atoms with Crippen molar-refractivity contribution in [2.24, 2.45) is 0 Å². The molecule has 53 heavy (non-hydrogen) atoms. The van der Waals surface area contributed by atoms with Gasteiger partial charge >= 0.3 is 17.9 Å². The molecule has 0 atom stereocenters. The first kappa shape index (κ1) is 36.1. The second kappa shape index (κ2) is 16.5. The molecule has 0 aromatic heterocycles. The van der Waals surface area contributed by atoms with E-state index in [0.717, 1.165) is 22.7 Å². The van der Waals surface area contributed by atoms with Crippen LogP contribution < -0.4 is 9.80 Å². The number of carboxylic acid groups (broad SMARTS) is 3. The van der Waals surface area contributed by atoms with E-state index in [1.54, 1.807) is 66.7 Å². The molecule has 11 heteroatoms. The van der Waals surface area contributed by atoms with Gasteiger partial charge in [0.1, 0.15) is 11.6 Å². The van der Waals surface area contributed by atoms with E-state index in [9.17, 15) is 35.0 Å². The van der Waals surface area contributed by atoms with Crippen LogP contribution in [0.15, 0.2) is 144 Å². The molecule has 0 aliphatic carbocycles. The van der Waals surface area contributed by atoms with Crippen LogP contribution in [0.1, 0.15) is 16.7 Å². The summed E-state index contributed by atoms with van der Waals surface area (Å²) in [4.78, 5) is 44.2. The molecular formula is C42H27N5O6. The number of para-hydroxylation sites is 1. The minimum atomic E-state index is -1.33. The molecule has 256 valence electrons. The van der Waals surface area contributed by atoms with Crippen LogP contribution in [0.25, 0.3) is 27.9 Å². The molecule has 3 N–H and O–H groups in total. The lowest BCUT2D eigenvalue weighted by atomic mass is 10.1. The van der Waals surface area contributed by atoms with Crippen LogP contribution in [0, 0.1) is 24.5 Å². The quantitative estimate of drug-likeness (QED) is 0.0658. The average Bonchev–Trinajstić information content (AvgIpc) is 3.17. The van der Waals surface area contributed by atoms with Crippen LogP contribution in [0.5, 0.6) is 0 Å². The molecule has 0 aliphatic rings. The van der Waals surface area contributed by atoms with Crippen molar-refractivity contribution in [1.29, 1.82) is 5.26 Å². The van der Waals surface area contributed by atoms with Gasteiger partial charge in [-0.3, -0.25) is 9.59 Å². The Kier molecular flexibility index (Phi) is 11.2. The summed E-state index contributed by atoms with van der Waals surface area (Å²) in [7, 11) is 0. The molecule has 5 aromatic rings. The first-order valence-electron chi connectivity index (χ1n) is 15.7. The summed E-state index contributed by atoms with van der Waals surface area (Å²) in [6.45, 7) is 14.3. The van der Waals surface area contributed by atoms with Crippen LogP contribution >= 0.6 is 0 Å². The first-order valence-corrected chi connectivity index (χ1v) is 15.7. The van der Waals surface area contributed by atoms with Gasteiger partial charge in [0, 0.05) is 34.1 Å². The Morgan fingerprint density at radius 3 is 1.08 bits per heavy atom. The standard InChI is InChI=1S/C42H27N5O6/c1-44-38(41(50)51)25-29-10-16-34(17-11-29)47(35-18-12-30(13-19-35)26-39(45-2)42(52)53)37-22-20-36(21-23-37)46(32-6-4-3-5-7-32)33-14-8-28(9-15-33)24-31(27-43)40(48)49/h3-26H,(H,48,49)(H,50,51)(H,52,53). The van der Waals surface area contributed by atoms with Gasteiger partial charge < -0.3 is 25.1 Å². The Bertz CT molecular complexity index is 2290. The zero-order valence-electron chi connectivity index (χ0n) is 27.7. The second-order valence-corrected chi connectivity index (χ2v) is 11.2. The third kappa shape index (κ3) is 8.70. The molecule has 0 heterocycles. The average molecular weight is 698 g/mol. The zero-order valence-corrected chi connectivity index (χ0v) is 27.7. The van der Waals surface area contributed by atoms with E-state index in [1.807, 2.05) is 76.5 Å². The van der Waals surface area contributed by atoms with Gasteiger partial charge in [-0.15, -0.1) is 0 Å². The number of anilines is 6. The molecule has 5 rings (SSSR count). The van der Waals surface area contributed by atoms with Gasteiger partial charge in [0.2, 0.25) is 0 Å². The Hall–Kier alpha value is -8.20. The van der Waals surface area contributed by atoms with Gasteiger partial charge in [0.15, 0.2) is 0 Å². The van der Waals surface area contributed by atoms with Crippen LogP contribution in [0.2, 0.25) is 0 Å². The second-order valence-electron chi connectivity index (χ2n) is 11.2. The van der Waals surface area contributed by atoms with Crippen LogP contribution in [0.3, 0.4) is 0 Å². The molecule has 0 spiro atoms. The number of hydrogen-bond donors (Lipinski definition) is 3. The molecule has 0 bridgehead atoms. The van der Waals surface area contributed by atoms with E-state index in [-0.39, 0.29) is 5.57 Å². The Morgan fingerprint density at radius 2 is 0.792 bits per heavy atom. The minimum Gasteiger partial charge on any atom is -0.486 e. The number of nitriles is 1. The smallest absolute Gasteiger partial charge is 0.346 e. The van der Waals surface area contributed by atoms with Crippen LogP contribution in [-0.2, 0) is 14.4 Å². The molecule has 0 unspecified atom stereocenters. The van der Waals surface area contributed by atoms with E-state index in [2.05, 4.69) is 9.69 Å². The predicted octanol–water partition coefficient (Wildman–Crippen LogP) is 9.31. The van der Waals surface area contributed by atoms with Crippen LogP contribution in [-0.4, -0.2) is 33.2 Å².